The molecule has 1 N–H and O–H groups in total. The lowest BCUT2D eigenvalue weighted by atomic mass is 9.88. The number of nitrogens with one attached hydrogen (secondary N) is 1. The number of nitrogens with zero attached hydrogens (tertiary/aromatic N) is 2. The molecule has 1 fully saturated rings. The van der Waals surface area contributed by atoms with Gasteiger partial charge in [0.05, 0.1) is 5.52 Å². The maximum atomic E-state index is 4.64. The first-order chi connectivity index (χ1) is 7.67. The minimum Gasteiger partial charge on any atom is -0.340 e. The SMILES string of the molecule is Cc1cnc2nc(C3(C)CCCC3)[nH]c2c1. The van der Waals surface area contributed by atoms with Gasteiger partial charge in [0.1, 0.15) is 5.82 Å². The molecule has 0 bridgehead atoms. The van der Waals surface area contributed by atoms with Crippen LogP contribution in [-0.4, -0.2) is 15.0 Å². The summed E-state index contributed by atoms with van der Waals surface area (Å²) in [7, 11) is 0. The molecule has 1 aliphatic rings. The molecule has 3 nitrogen and oxygen atoms in total. The van der Waals surface area contributed by atoms with E-state index in [4.69, 9.17) is 0 Å². The van der Waals surface area contributed by atoms with Crippen LogP contribution >= 0.6 is 0 Å². The molecule has 0 aliphatic heterocycles. The largest absolute Gasteiger partial charge is 0.340 e. The molecule has 16 heavy (non-hydrogen) atoms. The normalized spacial score (nSPS) is 19.4. The van der Waals surface area contributed by atoms with Crippen LogP contribution in [0, 0.1) is 6.92 Å². The number of hydrogen-bond acceptors (Lipinski definition) is 2. The van der Waals surface area contributed by atoms with Gasteiger partial charge in [-0.15, -0.1) is 0 Å². The summed E-state index contributed by atoms with van der Waals surface area (Å²) in [5.41, 5.74) is 3.35. The van der Waals surface area contributed by atoms with Crippen LogP contribution in [0.4, 0.5) is 0 Å². The Bertz CT molecular complexity index is 521. The summed E-state index contributed by atoms with van der Waals surface area (Å²) in [6.07, 6.45) is 7.00. The Morgan fingerprint density at radius 1 is 1.31 bits per heavy atom. The third-order valence-corrected chi connectivity index (χ3v) is 3.75. The Labute approximate surface area is 95.3 Å². The van der Waals surface area contributed by atoms with Gasteiger partial charge in [-0.3, -0.25) is 0 Å². The summed E-state index contributed by atoms with van der Waals surface area (Å²) < 4.78 is 0. The molecule has 1 saturated carbocycles. The van der Waals surface area contributed by atoms with Crippen LogP contribution < -0.4 is 0 Å². The predicted octanol–water partition coefficient (Wildman–Crippen LogP) is 3.10. The van der Waals surface area contributed by atoms with Gasteiger partial charge in [-0.25, -0.2) is 9.97 Å². The van der Waals surface area contributed by atoms with E-state index in [1.807, 2.05) is 6.20 Å². The van der Waals surface area contributed by atoms with Crippen molar-refractivity contribution in [2.45, 2.75) is 44.9 Å². The molecule has 84 valence electrons. The van der Waals surface area contributed by atoms with E-state index >= 15 is 0 Å². The van der Waals surface area contributed by atoms with Crippen LogP contribution in [0.1, 0.15) is 44.0 Å². The topological polar surface area (TPSA) is 41.6 Å². The number of aromatic amines is 1. The first-order valence-corrected chi connectivity index (χ1v) is 6.00. The quantitative estimate of drug-likeness (QED) is 0.794. The van der Waals surface area contributed by atoms with Crippen molar-refractivity contribution in [3.05, 3.63) is 23.7 Å². The van der Waals surface area contributed by atoms with Gasteiger partial charge in [0.25, 0.3) is 0 Å². The zero-order valence-electron chi connectivity index (χ0n) is 9.88. The van der Waals surface area contributed by atoms with Gasteiger partial charge < -0.3 is 4.98 Å². The van der Waals surface area contributed by atoms with Crippen molar-refractivity contribution in [3.63, 3.8) is 0 Å². The Morgan fingerprint density at radius 2 is 2.06 bits per heavy atom. The van der Waals surface area contributed by atoms with Crippen molar-refractivity contribution in [3.8, 4) is 0 Å². The van der Waals surface area contributed by atoms with E-state index in [0.29, 0.717) is 0 Å². The number of pyridine rings is 1. The molecular weight excluding hydrogens is 198 g/mol. The average Bonchev–Trinajstić information content (AvgIpc) is 2.84. The molecule has 2 aromatic heterocycles. The molecule has 0 unspecified atom stereocenters. The molecule has 2 aromatic rings. The highest BCUT2D eigenvalue weighted by atomic mass is 15.0. The molecule has 2 heterocycles. The zero-order valence-corrected chi connectivity index (χ0v) is 9.88. The summed E-state index contributed by atoms with van der Waals surface area (Å²) in [4.78, 5) is 12.4. The van der Waals surface area contributed by atoms with E-state index in [9.17, 15) is 0 Å². The molecule has 0 spiro atoms. The van der Waals surface area contributed by atoms with Crippen LogP contribution in [0.3, 0.4) is 0 Å². The fourth-order valence-electron chi connectivity index (χ4n) is 2.68. The second kappa shape index (κ2) is 3.30. The lowest BCUT2D eigenvalue weighted by Crippen LogP contribution is -2.18. The standard InChI is InChI=1S/C13H17N3/c1-9-7-10-11(14-8-9)16-12(15-10)13(2)5-3-4-6-13/h7-8H,3-6H2,1-2H3,(H,14,15,16). The third kappa shape index (κ3) is 1.42. The van der Waals surface area contributed by atoms with Crippen molar-refractivity contribution in [1.29, 1.82) is 0 Å². The van der Waals surface area contributed by atoms with Gasteiger partial charge in [-0.05, 0) is 31.4 Å². The first-order valence-electron chi connectivity index (χ1n) is 6.00. The smallest absolute Gasteiger partial charge is 0.177 e. The van der Waals surface area contributed by atoms with E-state index in [1.165, 1.54) is 31.2 Å². The van der Waals surface area contributed by atoms with E-state index < -0.39 is 0 Å². The highest BCUT2D eigenvalue weighted by Gasteiger charge is 2.33. The van der Waals surface area contributed by atoms with Crippen molar-refractivity contribution in [2.75, 3.05) is 0 Å². The van der Waals surface area contributed by atoms with Crippen LogP contribution in [0.2, 0.25) is 0 Å². The fourth-order valence-corrected chi connectivity index (χ4v) is 2.68. The molecule has 0 aromatic carbocycles. The molecule has 1 aliphatic carbocycles. The molecule has 0 atom stereocenters. The summed E-state index contributed by atoms with van der Waals surface area (Å²) >= 11 is 0. The number of H-pyrrole nitrogens is 1. The summed E-state index contributed by atoms with van der Waals surface area (Å²) in [6, 6.07) is 2.12. The van der Waals surface area contributed by atoms with Crippen LogP contribution in [0.5, 0.6) is 0 Å². The minimum absolute atomic E-state index is 0.245. The van der Waals surface area contributed by atoms with Crippen LogP contribution in [-0.2, 0) is 5.41 Å². The third-order valence-electron chi connectivity index (χ3n) is 3.75. The monoisotopic (exact) mass is 215 g/mol. The maximum absolute atomic E-state index is 4.64. The Kier molecular flexibility index (Phi) is 2.03. The zero-order chi connectivity index (χ0) is 11.2. The first kappa shape index (κ1) is 9.82. The van der Waals surface area contributed by atoms with Crippen LogP contribution in [0.25, 0.3) is 11.2 Å². The molecule has 3 heteroatoms. The Morgan fingerprint density at radius 3 is 2.81 bits per heavy atom. The highest BCUT2D eigenvalue weighted by molar-refractivity contribution is 5.71. The highest BCUT2D eigenvalue weighted by Crippen LogP contribution is 2.39. The van der Waals surface area contributed by atoms with Gasteiger partial charge in [0, 0.05) is 11.6 Å². The van der Waals surface area contributed by atoms with Crippen molar-refractivity contribution in [1.82, 2.24) is 15.0 Å². The van der Waals surface area contributed by atoms with Crippen molar-refractivity contribution >= 4 is 11.2 Å². The van der Waals surface area contributed by atoms with Gasteiger partial charge in [0.2, 0.25) is 0 Å². The number of aromatic nitrogens is 3. The van der Waals surface area contributed by atoms with Crippen molar-refractivity contribution < 1.29 is 0 Å². The Balaban J connectivity index is 2.11. The number of fused-ring (bicyclic) bond motifs is 1. The van der Waals surface area contributed by atoms with E-state index in [-0.39, 0.29) is 5.41 Å². The van der Waals surface area contributed by atoms with Crippen LogP contribution in [0.15, 0.2) is 12.3 Å². The molecule has 0 radical (unpaired) electrons. The number of aryl methyl sites for hydroxylation is 1. The summed E-state index contributed by atoms with van der Waals surface area (Å²) in [5, 5.41) is 0. The predicted molar refractivity (Wildman–Crippen MR) is 64.4 cm³/mol. The number of imidazole rings is 1. The molecule has 0 amide bonds. The van der Waals surface area contributed by atoms with Gasteiger partial charge in [0.15, 0.2) is 5.65 Å². The Hall–Kier alpha value is -1.38. The maximum Gasteiger partial charge on any atom is 0.177 e. The number of rotatable bonds is 1. The van der Waals surface area contributed by atoms with Gasteiger partial charge in [-0.1, -0.05) is 19.8 Å². The average molecular weight is 215 g/mol. The summed E-state index contributed by atoms with van der Waals surface area (Å²) in [6.45, 7) is 4.37. The molecule has 0 saturated heterocycles. The van der Waals surface area contributed by atoms with Gasteiger partial charge >= 0.3 is 0 Å². The second-order valence-corrected chi connectivity index (χ2v) is 5.24. The minimum atomic E-state index is 0.245. The summed E-state index contributed by atoms with van der Waals surface area (Å²) in [5.74, 6) is 1.12. The van der Waals surface area contributed by atoms with Crippen molar-refractivity contribution in [2.24, 2.45) is 0 Å². The second-order valence-electron chi connectivity index (χ2n) is 5.24. The lowest BCUT2D eigenvalue weighted by Gasteiger charge is -2.19. The molecule has 3 rings (SSSR count). The molecular formula is C13H17N3. The van der Waals surface area contributed by atoms with E-state index in [2.05, 4.69) is 34.9 Å². The van der Waals surface area contributed by atoms with Gasteiger partial charge in [-0.2, -0.15) is 0 Å². The number of hydrogen-bond donors (Lipinski definition) is 1. The van der Waals surface area contributed by atoms with E-state index in [0.717, 1.165) is 17.0 Å². The fraction of sp³-hybridized carbons (Fsp3) is 0.538. The lowest BCUT2D eigenvalue weighted by molar-refractivity contribution is 0.464. The van der Waals surface area contributed by atoms with E-state index in [1.54, 1.807) is 0 Å².